The molecule has 0 aromatic carbocycles. The van der Waals surface area contributed by atoms with Crippen LogP contribution >= 0.6 is 0 Å². The minimum absolute atomic E-state index is 0.337. The molecule has 3 nitrogen and oxygen atoms in total. The standard InChI is InChI=1S/C7H15N2O/c1-3-5-6-9(4-2)7(8)10/h1,3-6H2,2H3,(H2,8,10). The molecule has 0 aliphatic carbocycles. The number of hydrogen-bond acceptors (Lipinski definition) is 1. The van der Waals surface area contributed by atoms with Crippen molar-refractivity contribution in [3.8, 4) is 0 Å². The van der Waals surface area contributed by atoms with Crippen LogP contribution in [0, 0.1) is 6.92 Å². The minimum atomic E-state index is -0.337. The first kappa shape index (κ1) is 9.27. The Kier molecular flexibility index (Phi) is 4.72. The predicted molar refractivity (Wildman–Crippen MR) is 41.4 cm³/mol. The first-order valence-electron chi connectivity index (χ1n) is 3.56. The zero-order valence-electron chi connectivity index (χ0n) is 6.47. The van der Waals surface area contributed by atoms with Gasteiger partial charge in [-0.2, -0.15) is 0 Å². The molecule has 0 aliphatic heterocycles. The third-order valence-corrected chi connectivity index (χ3v) is 1.37. The van der Waals surface area contributed by atoms with Gasteiger partial charge in [0, 0.05) is 13.1 Å². The lowest BCUT2D eigenvalue weighted by molar-refractivity contribution is 0.210. The van der Waals surface area contributed by atoms with Crippen molar-refractivity contribution in [2.45, 2.75) is 19.8 Å². The maximum atomic E-state index is 10.6. The number of urea groups is 1. The molecule has 0 heterocycles. The number of carbonyl (C=O) groups is 1. The number of primary amides is 1. The zero-order valence-corrected chi connectivity index (χ0v) is 6.47. The van der Waals surface area contributed by atoms with E-state index in [2.05, 4.69) is 6.92 Å². The Bertz CT molecular complexity index is 104. The van der Waals surface area contributed by atoms with Crippen LogP contribution in [0.2, 0.25) is 0 Å². The lowest BCUT2D eigenvalue weighted by Crippen LogP contribution is -2.36. The van der Waals surface area contributed by atoms with Gasteiger partial charge in [0.05, 0.1) is 0 Å². The summed E-state index contributed by atoms with van der Waals surface area (Å²) in [5, 5.41) is 0. The molecule has 0 spiro atoms. The van der Waals surface area contributed by atoms with Crippen LogP contribution in [-0.4, -0.2) is 24.0 Å². The van der Waals surface area contributed by atoms with Crippen molar-refractivity contribution in [2.75, 3.05) is 13.1 Å². The quantitative estimate of drug-likeness (QED) is 0.627. The van der Waals surface area contributed by atoms with Gasteiger partial charge in [0.2, 0.25) is 0 Å². The zero-order chi connectivity index (χ0) is 7.98. The average Bonchev–Trinajstić information content (AvgIpc) is 1.89. The third kappa shape index (κ3) is 3.33. The first-order valence-corrected chi connectivity index (χ1v) is 3.56. The number of carbonyl (C=O) groups excluding carboxylic acids is 1. The summed E-state index contributed by atoms with van der Waals surface area (Å²) in [7, 11) is 0. The van der Waals surface area contributed by atoms with E-state index in [-0.39, 0.29) is 6.03 Å². The van der Waals surface area contributed by atoms with Crippen molar-refractivity contribution in [1.29, 1.82) is 0 Å². The van der Waals surface area contributed by atoms with E-state index >= 15 is 0 Å². The molecule has 10 heavy (non-hydrogen) atoms. The molecular weight excluding hydrogens is 128 g/mol. The van der Waals surface area contributed by atoms with Crippen molar-refractivity contribution in [3.63, 3.8) is 0 Å². The van der Waals surface area contributed by atoms with Crippen LogP contribution in [0.1, 0.15) is 19.8 Å². The fourth-order valence-corrected chi connectivity index (χ4v) is 0.727. The van der Waals surface area contributed by atoms with Crippen LogP contribution in [0.3, 0.4) is 0 Å². The molecule has 0 atom stereocenters. The van der Waals surface area contributed by atoms with Crippen molar-refractivity contribution in [2.24, 2.45) is 5.73 Å². The Morgan fingerprint density at radius 3 is 2.60 bits per heavy atom. The van der Waals surface area contributed by atoms with Crippen LogP contribution in [-0.2, 0) is 0 Å². The topological polar surface area (TPSA) is 46.3 Å². The molecule has 0 aromatic heterocycles. The van der Waals surface area contributed by atoms with Crippen molar-refractivity contribution >= 4 is 6.03 Å². The van der Waals surface area contributed by atoms with Gasteiger partial charge in [-0.15, -0.1) is 0 Å². The van der Waals surface area contributed by atoms with Crippen LogP contribution in [0.4, 0.5) is 4.79 Å². The van der Waals surface area contributed by atoms with Crippen LogP contribution in [0.25, 0.3) is 0 Å². The highest BCUT2D eigenvalue weighted by molar-refractivity contribution is 5.71. The van der Waals surface area contributed by atoms with Gasteiger partial charge < -0.3 is 10.6 Å². The summed E-state index contributed by atoms with van der Waals surface area (Å²) in [6.45, 7) is 7.00. The summed E-state index contributed by atoms with van der Waals surface area (Å²) in [6.07, 6.45) is 1.78. The van der Waals surface area contributed by atoms with E-state index in [0.717, 1.165) is 19.4 Å². The van der Waals surface area contributed by atoms with Gasteiger partial charge in [-0.05, 0) is 13.3 Å². The largest absolute Gasteiger partial charge is 0.351 e. The molecule has 0 saturated carbocycles. The van der Waals surface area contributed by atoms with Crippen LogP contribution < -0.4 is 5.73 Å². The van der Waals surface area contributed by atoms with E-state index in [0.29, 0.717) is 6.54 Å². The van der Waals surface area contributed by atoms with E-state index in [4.69, 9.17) is 5.73 Å². The maximum absolute atomic E-state index is 10.6. The van der Waals surface area contributed by atoms with Gasteiger partial charge in [-0.3, -0.25) is 0 Å². The fraction of sp³-hybridized carbons (Fsp3) is 0.714. The minimum Gasteiger partial charge on any atom is -0.351 e. The first-order chi connectivity index (χ1) is 4.72. The van der Waals surface area contributed by atoms with Gasteiger partial charge in [0.15, 0.2) is 0 Å². The number of unbranched alkanes of at least 4 members (excludes halogenated alkanes) is 1. The molecular formula is C7H15N2O. The molecule has 0 saturated heterocycles. The van der Waals surface area contributed by atoms with Crippen LogP contribution in [0.15, 0.2) is 0 Å². The SMILES string of the molecule is [CH2]CCCN(CC)C(N)=O. The molecule has 3 heteroatoms. The Morgan fingerprint density at radius 1 is 1.70 bits per heavy atom. The predicted octanol–water partition coefficient (Wildman–Crippen LogP) is 1.00. The average molecular weight is 143 g/mol. The second kappa shape index (κ2) is 5.09. The Balaban J connectivity index is 3.50. The normalized spacial score (nSPS) is 9.40. The highest BCUT2D eigenvalue weighted by atomic mass is 16.2. The molecule has 0 fully saturated rings. The van der Waals surface area contributed by atoms with Crippen molar-refractivity contribution < 1.29 is 4.79 Å². The molecule has 0 unspecified atom stereocenters. The monoisotopic (exact) mass is 143 g/mol. The van der Waals surface area contributed by atoms with E-state index in [9.17, 15) is 4.79 Å². The number of nitrogens with zero attached hydrogens (tertiary/aromatic N) is 1. The third-order valence-electron chi connectivity index (χ3n) is 1.37. The van der Waals surface area contributed by atoms with Gasteiger partial charge in [0.1, 0.15) is 0 Å². The summed E-state index contributed by atoms with van der Waals surface area (Å²) in [4.78, 5) is 12.2. The molecule has 2 amide bonds. The van der Waals surface area contributed by atoms with Gasteiger partial charge in [-0.25, -0.2) is 4.79 Å². The number of rotatable bonds is 4. The summed E-state index contributed by atoms with van der Waals surface area (Å²) < 4.78 is 0. The number of hydrogen-bond donors (Lipinski definition) is 1. The second-order valence-corrected chi connectivity index (χ2v) is 2.13. The molecule has 0 rings (SSSR count). The van der Waals surface area contributed by atoms with Crippen molar-refractivity contribution in [1.82, 2.24) is 4.90 Å². The highest BCUT2D eigenvalue weighted by Gasteiger charge is 2.03. The Labute approximate surface area is 62.2 Å². The van der Waals surface area contributed by atoms with E-state index in [1.165, 1.54) is 0 Å². The maximum Gasteiger partial charge on any atom is 0.314 e. The summed E-state index contributed by atoms with van der Waals surface area (Å²) in [5.41, 5.74) is 5.05. The summed E-state index contributed by atoms with van der Waals surface area (Å²) >= 11 is 0. The lowest BCUT2D eigenvalue weighted by Gasteiger charge is -2.16. The Hall–Kier alpha value is -0.730. The lowest BCUT2D eigenvalue weighted by atomic mass is 10.3. The number of amides is 2. The van der Waals surface area contributed by atoms with Gasteiger partial charge >= 0.3 is 6.03 Å². The van der Waals surface area contributed by atoms with E-state index in [1.807, 2.05) is 6.92 Å². The number of nitrogens with two attached hydrogens (primary N) is 1. The summed E-state index contributed by atoms with van der Waals surface area (Å²) in [6, 6.07) is -0.337. The van der Waals surface area contributed by atoms with Gasteiger partial charge in [0.25, 0.3) is 0 Å². The Morgan fingerprint density at radius 2 is 2.30 bits per heavy atom. The molecule has 0 aromatic rings. The van der Waals surface area contributed by atoms with Gasteiger partial charge in [-0.1, -0.05) is 13.3 Å². The van der Waals surface area contributed by atoms with E-state index < -0.39 is 0 Å². The molecule has 59 valence electrons. The molecule has 0 aliphatic rings. The molecule has 1 radical (unpaired) electrons. The highest BCUT2D eigenvalue weighted by Crippen LogP contribution is 1.92. The van der Waals surface area contributed by atoms with Crippen molar-refractivity contribution in [3.05, 3.63) is 6.92 Å². The fourth-order valence-electron chi connectivity index (χ4n) is 0.727. The van der Waals surface area contributed by atoms with Crippen LogP contribution in [0.5, 0.6) is 0 Å². The molecule has 2 N–H and O–H groups in total. The smallest absolute Gasteiger partial charge is 0.314 e. The second-order valence-electron chi connectivity index (χ2n) is 2.13. The molecule has 0 bridgehead atoms. The summed E-state index contributed by atoms with van der Waals surface area (Å²) in [5.74, 6) is 0. The van der Waals surface area contributed by atoms with E-state index in [1.54, 1.807) is 4.90 Å².